The standard InChI is InChI=1S/C12H15ClN2O4/c1-3-19-7-8(2)14-12(16)10-6-9(15(17)18)4-5-11(10)13/h4-6,8H,3,7H2,1-2H3,(H,14,16). The van der Waals surface area contributed by atoms with Gasteiger partial charge in [-0.3, -0.25) is 14.9 Å². The molecule has 19 heavy (non-hydrogen) atoms. The Morgan fingerprint density at radius 3 is 2.84 bits per heavy atom. The van der Waals surface area contributed by atoms with Gasteiger partial charge in [-0.1, -0.05) is 11.6 Å². The van der Waals surface area contributed by atoms with E-state index >= 15 is 0 Å². The fourth-order valence-corrected chi connectivity index (χ4v) is 1.64. The second-order valence-corrected chi connectivity index (χ2v) is 4.36. The molecule has 1 unspecified atom stereocenters. The zero-order valence-corrected chi connectivity index (χ0v) is 11.4. The zero-order valence-electron chi connectivity index (χ0n) is 10.7. The number of hydrogen-bond acceptors (Lipinski definition) is 4. The molecule has 104 valence electrons. The molecule has 0 saturated carbocycles. The maximum Gasteiger partial charge on any atom is 0.270 e. The molecule has 1 aromatic rings. The summed E-state index contributed by atoms with van der Waals surface area (Å²) in [5, 5.41) is 13.5. The first-order valence-electron chi connectivity index (χ1n) is 5.78. The Labute approximate surface area is 115 Å². The van der Waals surface area contributed by atoms with Crippen molar-refractivity contribution in [1.82, 2.24) is 5.32 Å². The predicted molar refractivity (Wildman–Crippen MR) is 71.5 cm³/mol. The van der Waals surface area contributed by atoms with Crippen molar-refractivity contribution < 1.29 is 14.5 Å². The predicted octanol–water partition coefficient (Wildman–Crippen LogP) is 2.40. The monoisotopic (exact) mass is 286 g/mol. The summed E-state index contributed by atoms with van der Waals surface area (Å²) in [5.41, 5.74) is -0.0915. The van der Waals surface area contributed by atoms with Crippen LogP contribution in [0.4, 0.5) is 5.69 Å². The highest BCUT2D eigenvalue weighted by Crippen LogP contribution is 2.22. The molecule has 0 aliphatic carbocycles. The van der Waals surface area contributed by atoms with Crippen molar-refractivity contribution in [3.05, 3.63) is 38.9 Å². The highest BCUT2D eigenvalue weighted by atomic mass is 35.5. The van der Waals surface area contributed by atoms with Gasteiger partial charge in [0, 0.05) is 24.8 Å². The quantitative estimate of drug-likeness (QED) is 0.643. The SMILES string of the molecule is CCOCC(C)NC(=O)c1cc([N+](=O)[O-])ccc1Cl. The van der Waals surface area contributed by atoms with Crippen molar-refractivity contribution in [3.63, 3.8) is 0 Å². The first-order chi connectivity index (χ1) is 8.95. The van der Waals surface area contributed by atoms with E-state index < -0.39 is 10.8 Å². The third-order valence-electron chi connectivity index (χ3n) is 2.35. The first kappa shape index (κ1) is 15.4. The molecule has 1 rings (SSSR count). The topological polar surface area (TPSA) is 81.5 Å². The molecule has 1 N–H and O–H groups in total. The second-order valence-electron chi connectivity index (χ2n) is 3.96. The molecule has 1 aromatic carbocycles. The minimum atomic E-state index is -0.573. The normalized spacial score (nSPS) is 11.9. The summed E-state index contributed by atoms with van der Waals surface area (Å²) in [6, 6.07) is 3.54. The molecule has 0 aliphatic heterocycles. The molecule has 0 spiro atoms. The van der Waals surface area contributed by atoms with Crippen LogP contribution in [0.15, 0.2) is 18.2 Å². The van der Waals surface area contributed by atoms with E-state index in [-0.39, 0.29) is 22.3 Å². The number of carbonyl (C=O) groups excluding carboxylic acids is 1. The van der Waals surface area contributed by atoms with Crippen molar-refractivity contribution in [1.29, 1.82) is 0 Å². The van der Waals surface area contributed by atoms with Crippen LogP contribution in [0, 0.1) is 10.1 Å². The average Bonchev–Trinajstić information content (AvgIpc) is 2.36. The van der Waals surface area contributed by atoms with Gasteiger partial charge in [0.25, 0.3) is 11.6 Å². The van der Waals surface area contributed by atoms with E-state index in [2.05, 4.69) is 5.32 Å². The van der Waals surface area contributed by atoms with Crippen LogP contribution in [-0.2, 0) is 4.74 Å². The van der Waals surface area contributed by atoms with Crippen molar-refractivity contribution in [3.8, 4) is 0 Å². The fraction of sp³-hybridized carbons (Fsp3) is 0.417. The van der Waals surface area contributed by atoms with Gasteiger partial charge in [0.1, 0.15) is 0 Å². The summed E-state index contributed by atoms with van der Waals surface area (Å²) < 4.78 is 5.17. The van der Waals surface area contributed by atoms with Crippen LogP contribution in [0.3, 0.4) is 0 Å². The number of nitrogens with one attached hydrogen (secondary N) is 1. The summed E-state index contributed by atoms with van der Waals surface area (Å²) in [6.07, 6.45) is 0. The van der Waals surface area contributed by atoms with Crippen LogP contribution < -0.4 is 5.32 Å². The molecule has 0 fully saturated rings. The molecule has 7 heteroatoms. The number of non-ortho nitro benzene ring substituents is 1. The smallest absolute Gasteiger partial charge is 0.270 e. The Morgan fingerprint density at radius 1 is 1.58 bits per heavy atom. The lowest BCUT2D eigenvalue weighted by atomic mass is 10.1. The van der Waals surface area contributed by atoms with E-state index in [1.807, 2.05) is 6.92 Å². The van der Waals surface area contributed by atoms with Gasteiger partial charge < -0.3 is 10.1 Å². The van der Waals surface area contributed by atoms with E-state index in [4.69, 9.17) is 16.3 Å². The number of nitrogens with zero attached hydrogens (tertiary/aromatic N) is 1. The van der Waals surface area contributed by atoms with E-state index in [0.717, 1.165) is 6.07 Å². The van der Waals surface area contributed by atoms with Crippen LogP contribution >= 0.6 is 11.6 Å². The van der Waals surface area contributed by atoms with Gasteiger partial charge in [-0.15, -0.1) is 0 Å². The number of carbonyl (C=O) groups is 1. The molecular formula is C12H15ClN2O4. The number of benzene rings is 1. The number of rotatable bonds is 6. The molecule has 0 bridgehead atoms. The van der Waals surface area contributed by atoms with E-state index in [9.17, 15) is 14.9 Å². The molecule has 0 radical (unpaired) electrons. The Bertz CT molecular complexity index is 479. The minimum Gasteiger partial charge on any atom is -0.380 e. The summed E-state index contributed by atoms with van der Waals surface area (Å²) in [5.74, 6) is -0.457. The molecule has 6 nitrogen and oxygen atoms in total. The number of ether oxygens (including phenoxy) is 1. The zero-order chi connectivity index (χ0) is 14.4. The largest absolute Gasteiger partial charge is 0.380 e. The molecule has 1 amide bonds. The number of hydrogen-bond donors (Lipinski definition) is 1. The summed E-state index contributed by atoms with van der Waals surface area (Å²) in [6.45, 7) is 4.55. The highest BCUT2D eigenvalue weighted by Gasteiger charge is 2.17. The number of halogens is 1. The summed E-state index contributed by atoms with van der Waals surface area (Å²) in [7, 11) is 0. The van der Waals surface area contributed by atoms with Crippen LogP contribution in [0.2, 0.25) is 5.02 Å². The van der Waals surface area contributed by atoms with E-state index in [0.29, 0.717) is 13.2 Å². The Balaban J connectivity index is 2.81. The third kappa shape index (κ3) is 4.50. The molecule has 0 heterocycles. The Morgan fingerprint density at radius 2 is 2.26 bits per heavy atom. The van der Waals surface area contributed by atoms with Crippen LogP contribution in [-0.4, -0.2) is 30.1 Å². The van der Waals surface area contributed by atoms with E-state index in [1.54, 1.807) is 6.92 Å². The maximum absolute atomic E-state index is 11.9. The number of nitro groups is 1. The van der Waals surface area contributed by atoms with Crippen molar-refractivity contribution in [2.75, 3.05) is 13.2 Å². The first-order valence-corrected chi connectivity index (χ1v) is 6.16. The van der Waals surface area contributed by atoms with Gasteiger partial charge in [-0.2, -0.15) is 0 Å². The summed E-state index contributed by atoms with van der Waals surface area (Å²) in [4.78, 5) is 22.0. The van der Waals surface area contributed by atoms with Gasteiger partial charge >= 0.3 is 0 Å². The van der Waals surface area contributed by atoms with Crippen LogP contribution in [0.1, 0.15) is 24.2 Å². The lowest BCUT2D eigenvalue weighted by Crippen LogP contribution is -2.36. The average molecular weight is 287 g/mol. The van der Waals surface area contributed by atoms with Gasteiger partial charge in [0.2, 0.25) is 0 Å². The molecule has 1 atom stereocenters. The van der Waals surface area contributed by atoms with Gasteiger partial charge in [0.15, 0.2) is 0 Å². The van der Waals surface area contributed by atoms with Gasteiger partial charge in [0.05, 0.1) is 22.1 Å². The number of nitro benzene ring substituents is 1. The number of amides is 1. The Kier molecular flexibility index (Phi) is 5.72. The van der Waals surface area contributed by atoms with Crippen molar-refractivity contribution in [2.24, 2.45) is 0 Å². The highest BCUT2D eigenvalue weighted by molar-refractivity contribution is 6.33. The lowest BCUT2D eigenvalue weighted by Gasteiger charge is -2.14. The molecule has 0 aromatic heterocycles. The van der Waals surface area contributed by atoms with Crippen molar-refractivity contribution in [2.45, 2.75) is 19.9 Å². The van der Waals surface area contributed by atoms with Crippen LogP contribution in [0.25, 0.3) is 0 Å². The van der Waals surface area contributed by atoms with Crippen molar-refractivity contribution >= 4 is 23.2 Å². The van der Waals surface area contributed by atoms with Gasteiger partial charge in [-0.05, 0) is 19.9 Å². The van der Waals surface area contributed by atoms with E-state index in [1.165, 1.54) is 12.1 Å². The Hall–Kier alpha value is -1.66. The maximum atomic E-state index is 11.9. The third-order valence-corrected chi connectivity index (χ3v) is 2.68. The molecule has 0 aliphatic rings. The van der Waals surface area contributed by atoms with Gasteiger partial charge in [-0.25, -0.2) is 0 Å². The molecular weight excluding hydrogens is 272 g/mol. The molecule has 0 saturated heterocycles. The minimum absolute atomic E-state index is 0.0826. The summed E-state index contributed by atoms with van der Waals surface area (Å²) >= 11 is 5.87. The van der Waals surface area contributed by atoms with Crippen LogP contribution in [0.5, 0.6) is 0 Å². The lowest BCUT2D eigenvalue weighted by molar-refractivity contribution is -0.384. The fourth-order valence-electron chi connectivity index (χ4n) is 1.44. The second kappa shape index (κ2) is 7.06.